The van der Waals surface area contributed by atoms with E-state index in [1.807, 2.05) is 11.8 Å². The van der Waals surface area contributed by atoms with Gasteiger partial charge in [-0.2, -0.15) is 11.8 Å². The molecule has 0 unspecified atom stereocenters. The van der Waals surface area contributed by atoms with Crippen molar-refractivity contribution >= 4 is 23.6 Å². The third kappa shape index (κ3) is 21.2. The standard InChI is InChI=1S/C20H39NO3S/c1-2-25-18-17-21-19(22)15-13-11-9-7-5-3-4-6-8-10-12-14-16-20(23)24/h2-18H2,1H3,(H,21,22)(H,23,24). The molecule has 5 heteroatoms. The van der Waals surface area contributed by atoms with E-state index in [0.29, 0.717) is 12.8 Å². The van der Waals surface area contributed by atoms with Gasteiger partial charge in [-0.3, -0.25) is 9.59 Å². The maximum atomic E-state index is 11.6. The van der Waals surface area contributed by atoms with Gasteiger partial charge in [0.1, 0.15) is 0 Å². The third-order valence-electron chi connectivity index (χ3n) is 4.32. The summed E-state index contributed by atoms with van der Waals surface area (Å²) in [5.41, 5.74) is 0. The molecule has 0 aliphatic carbocycles. The number of carbonyl (C=O) groups excluding carboxylic acids is 1. The van der Waals surface area contributed by atoms with Gasteiger partial charge in [0.2, 0.25) is 5.91 Å². The van der Waals surface area contributed by atoms with E-state index in [1.54, 1.807) is 0 Å². The van der Waals surface area contributed by atoms with Gasteiger partial charge in [0.05, 0.1) is 0 Å². The average Bonchev–Trinajstić information content (AvgIpc) is 2.58. The van der Waals surface area contributed by atoms with Crippen molar-refractivity contribution in [2.24, 2.45) is 0 Å². The lowest BCUT2D eigenvalue weighted by Gasteiger charge is -2.05. The van der Waals surface area contributed by atoms with E-state index in [0.717, 1.165) is 37.3 Å². The SMILES string of the molecule is CCSCCNC(=O)CCCCCCCCCCCCCCC(=O)O. The number of hydrogen-bond acceptors (Lipinski definition) is 3. The fourth-order valence-corrected chi connectivity index (χ4v) is 3.36. The van der Waals surface area contributed by atoms with Crippen molar-refractivity contribution < 1.29 is 14.7 Å². The van der Waals surface area contributed by atoms with E-state index in [-0.39, 0.29) is 5.91 Å². The van der Waals surface area contributed by atoms with Crippen LogP contribution in [-0.2, 0) is 9.59 Å². The first-order valence-corrected chi connectivity index (χ1v) is 11.4. The molecule has 0 rings (SSSR count). The molecule has 0 aromatic carbocycles. The molecule has 0 aliphatic heterocycles. The van der Waals surface area contributed by atoms with Crippen LogP contribution in [-0.4, -0.2) is 35.0 Å². The number of thioether (sulfide) groups is 1. The highest BCUT2D eigenvalue weighted by Gasteiger charge is 2.00. The Labute approximate surface area is 158 Å². The Morgan fingerprint density at radius 1 is 0.760 bits per heavy atom. The number of aliphatic carboxylic acids is 1. The third-order valence-corrected chi connectivity index (χ3v) is 5.22. The lowest BCUT2D eigenvalue weighted by Crippen LogP contribution is -2.25. The number of carboxylic acid groups (broad SMARTS) is 1. The Bertz CT molecular complexity index is 324. The van der Waals surface area contributed by atoms with E-state index in [2.05, 4.69) is 12.2 Å². The maximum Gasteiger partial charge on any atom is 0.303 e. The number of nitrogens with one attached hydrogen (secondary N) is 1. The molecular weight excluding hydrogens is 334 g/mol. The molecule has 0 aromatic heterocycles. The lowest BCUT2D eigenvalue weighted by molar-refractivity contribution is -0.137. The van der Waals surface area contributed by atoms with E-state index < -0.39 is 5.97 Å². The van der Waals surface area contributed by atoms with Crippen LogP contribution in [0.1, 0.15) is 96.8 Å². The van der Waals surface area contributed by atoms with Crippen LogP contribution in [0.2, 0.25) is 0 Å². The fourth-order valence-electron chi connectivity index (χ4n) is 2.82. The van der Waals surface area contributed by atoms with Crippen LogP contribution in [0.4, 0.5) is 0 Å². The highest BCUT2D eigenvalue weighted by molar-refractivity contribution is 7.99. The van der Waals surface area contributed by atoms with Crippen LogP contribution in [0.5, 0.6) is 0 Å². The molecule has 4 nitrogen and oxygen atoms in total. The molecular formula is C20H39NO3S. The minimum atomic E-state index is -0.674. The monoisotopic (exact) mass is 373 g/mol. The van der Waals surface area contributed by atoms with E-state index in [4.69, 9.17) is 5.11 Å². The summed E-state index contributed by atoms with van der Waals surface area (Å²) in [5.74, 6) is 1.67. The molecule has 0 bridgehead atoms. The van der Waals surface area contributed by atoms with Crippen LogP contribution in [0, 0.1) is 0 Å². The lowest BCUT2D eigenvalue weighted by atomic mass is 10.0. The second kappa shape index (κ2) is 19.6. The van der Waals surface area contributed by atoms with Gasteiger partial charge in [-0.25, -0.2) is 0 Å². The van der Waals surface area contributed by atoms with Crippen molar-refractivity contribution in [1.29, 1.82) is 0 Å². The summed E-state index contributed by atoms with van der Waals surface area (Å²) in [4.78, 5) is 22.0. The van der Waals surface area contributed by atoms with Crippen LogP contribution < -0.4 is 5.32 Å². The number of rotatable bonds is 19. The first-order valence-electron chi connectivity index (χ1n) is 10.2. The molecule has 0 aromatic rings. The van der Waals surface area contributed by atoms with Crippen molar-refractivity contribution in [2.45, 2.75) is 96.8 Å². The molecule has 0 aliphatic rings. The highest BCUT2D eigenvalue weighted by atomic mass is 32.2. The number of carbonyl (C=O) groups is 2. The first-order chi connectivity index (χ1) is 12.2. The predicted molar refractivity (Wildman–Crippen MR) is 108 cm³/mol. The van der Waals surface area contributed by atoms with Crippen LogP contribution >= 0.6 is 11.8 Å². The van der Waals surface area contributed by atoms with Crippen molar-refractivity contribution in [3.8, 4) is 0 Å². The summed E-state index contributed by atoms with van der Waals surface area (Å²) in [6.07, 6.45) is 15.2. The summed E-state index contributed by atoms with van der Waals surface area (Å²) >= 11 is 1.86. The Balaban J connectivity index is 3.11. The van der Waals surface area contributed by atoms with Crippen molar-refractivity contribution in [3.63, 3.8) is 0 Å². The zero-order valence-electron chi connectivity index (χ0n) is 16.2. The second-order valence-corrected chi connectivity index (χ2v) is 8.08. The van der Waals surface area contributed by atoms with Gasteiger partial charge in [0.25, 0.3) is 0 Å². The average molecular weight is 374 g/mol. The number of unbranched alkanes of at least 4 members (excludes halogenated alkanes) is 11. The quantitative estimate of drug-likeness (QED) is 0.297. The topological polar surface area (TPSA) is 66.4 Å². The molecule has 0 spiro atoms. The molecule has 1 amide bonds. The van der Waals surface area contributed by atoms with Crippen molar-refractivity contribution in [3.05, 3.63) is 0 Å². The van der Waals surface area contributed by atoms with Gasteiger partial charge < -0.3 is 10.4 Å². The van der Waals surface area contributed by atoms with Gasteiger partial charge >= 0.3 is 5.97 Å². The van der Waals surface area contributed by atoms with Crippen LogP contribution in [0.25, 0.3) is 0 Å². The van der Waals surface area contributed by atoms with Crippen molar-refractivity contribution in [1.82, 2.24) is 5.32 Å². The van der Waals surface area contributed by atoms with Gasteiger partial charge in [0.15, 0.2) is 0 Å². The zero-order valence-corrected chi connectivity index (χ0v) is 17.0. The van der Waals surface area contributed by atoms with Gasteiger partial charge in [0, 0.05) is 25.1 Å². The van der Waals surface area contributed by atoms with Gasteiger partial charge in [-0.15, -0.1) is 0 Å². The number of hydrogen-bond donors (Lipinski definition) is 2. The summed E-state index contributed by atoms with van der Waals surface area (Å²) < 4.78 is 0. The Hall–Kier alpha value is -0.710. The smallest absolute Gasteiger partial charge is 0.303 e. The minimum absolute atomic E-state index is 0.208. The van der Waals surface area contributed by atoms with Gasteiger partial charge in [-0.05, 0) is 18.6 Å². The molecule has 2 N–H and O–H groups in total. The van der Waals surface area contributed by atoms with E-state index >= 15 is 0 Å². The summed E-state index contributed by atoms with van der Waals surface area (Å²) in [6.45, 7) is 2.94. The van der Waals surface area contributed by atoms with Crippen molar-refractivity contribution in [2.75, 3.05) is 18.1 Å². The van der Waals surface area contributed by atoms with E-state index in [1.165, 1.54) is 57.8 Å². The molecule has 0 saturated carbocycles. The summed E-state index contributed by atoms with van der Waals surface area (Å²) in [5, 5.41) is 11.5. The normalized spacial score (nSPS) is 10.8. The Morgan fingerprint density at radius 2 is 1.20 bits per heavy atom. The largest absolute Gasteiger partial charge is 0.481 e. The molecule has 0 fully saturated rings. The Morgan fingerprint density at radius 3 is 1.64 bits per heavy atom. The zero-order chi connectivity index (χ0) is 18.6. The molecule has 0 radical (unpaired) electrons. The predicted octanol–water partition coefficient (Wildman–Crippen LogP) is 5.40. The number of carboxylic acids is 1. The van der Waals surface area contributed by atoms with E-state index in [9.17, 15) is 9.59 Å². The number of amides is 1. The molecule has 0 heterocycles. The minimum Gasteiger partial charge on any atom is -0.481 e. The van der Waals surface area contributed by atoms with Gasteiger partial charge in [-0.1, -0.05) is 71.1 Å². The highest BCUT2D eigenvalue weighted by Crippen LogP contribution is 2.13. The molecule has 25 heavy (non-hydrogen) atoms. The Kier molecular flexibility index (Phi) is 19.1. The fraction of sp³-hybridized carbons (Fsp3) is 0.900. The van der Waals surface area contributed by atoms with Crippen LogP contribution in [0.15, 0.2) is 0 Å². The summed E-state index contributed by atoms with van der Waals surface area (Å²) in [7, 11) is 0. The first kappa shape index (κ1) is 24.3. The van der Waals surface area contributed by atoms with Crippen LogP contribution in [0.3, 0.4) is 0 Å². The summed E-state index contributed by atoms with van der Waals surface area (Å²) in [6, 6.07) is 0. The molecule has 148 valence electrons. The maximum absolute atomic E-state index is 11.6. The second-order valence-electron chi connectivity index (χ2n) is 6.68. The molecule has 0 atom stereocenters. The molecule has 0 saturated heterocycles.